The Morgan fingerprint density at radius 1 is 1.28 bits per heavy atom. The number of hydrogen-bond donors (Lipinski definition) is 1. The molecule has 1 aliphatic heterocycles. The number of piperidine rings is 1. The zero-order chi connectivity index (χ0) is 12.7. The van der Waals surface area contributed by atoms with E-state index in [1.54, 1.807) is 6.07 Å². The van der Waals surface area contributed by atoms with Crippen LogP contribution in [0, 0.1) is 17.6 Å². The first-order chi connectivity index (χ1) is 8.69. The van der Waals surface area contributed by atoms with Crippen molar-refractivity contribution in [3.05, 3.63) is 35.4 Å². The van der Waals surface area contributed by atoms with Gasteiger partial charge in [-0.05, 0) is 42.9 Å². The molecule has 2 N–H and O–H groups in total. The molecule has 0 amide bonds. The standard InChI is InChI=1S/C14H18F2N2/c15-12-4-2-10(6-13(12)16)14(7-17)18-8-9-1-3-11(18)5-9/h2,4,6,9,11,14H,1,3,5,7-8,17H2. The second kappa shape index (κ2) is 4.59. The smallest absolute Gasteiger partial charge is 0.159 e. The zero-order valence-corrected chi connectivity index (χ0v) is 10.3. The molecule has 3 rings (SSSR count). The monoisotopic (exact) mass is 252 g/mol. The number of likely N-dealkylation sites (tertiary alicyclic amines) is 1. The van der Waals surface area contributed by atoms with Crippen molar-refractivity contribution >= 4 is 0 Å². The summed E-state index contributed by atoms with van der Waals surface area (Å²) in [7, 11) is 0. The molecule has 1 aromatic carbocycles. The Bertz CT molecular complexity index is 449. The summed E-state index contributed by atoms with van der Waals surface area (Å²) in [6.45, 7) is 1.50. The van der Waals surface area contributed by atoms with Gasteiger partial charge in [0.1, 0.15) is 0 Å². The van der Waals surface area contributed by atoms with E-state index in [9.17, 15) is 8.78 Å². The fourth-order valence-electron chi connectivity index (χ4n) is 3.53. The molecule has 0 spiro atoms. The summed E-state index contributed by atoms with van der Waals surface area (Å²) in [6, 6.07) is 4.75. The number of benzene rings is 1. The third kappa shape index (κ3) is 1.93. The molecular formula is C14H18F2N2. The van der Waals surface area contributed by atoms with Gasteiger partial charge in [-0.3, -0.25) is 4.90 Å². The molecule has 1 aliphatic carbocycles. The van der Waals surface area contributed by atoms with Crippen LogP contribution >= 0.6 is 0 Å². The summed E-state index contributed by atoms with van der Waals surface area (Å²) < 4.78 is 26.3. The molecule has 2 aliphatic rings. The van der Waals surface area contributed by atoms with Crippen molar-refractivity contribution in [1.82, 2.24) is 4.90 Å². The average molecular weight is 252 g/mol. The number of nitrogens with zero attached hydrogens (tertiary/aromatic N) is 1. The minimum Gasteiger partial charge on any atom is -0.329 e. The molecule has 2 bridgehead atoms. The quantitative estimate of drug-likeness (QED) is 0.895. The topological polar surface area (TPSA) is 29.3 Å². The molecule has 1 aromatic rings. The van der Waals surface area contributed by atoms with E-state index in [-0.39, 0.29) is 6.04 Å². The number of nitrogens with two attached hydrogens (primary N) is 1. The molecule has 0 radical (unpaired) electrons. The largest absolute Gasteiger partial charge is 0.329 e. The van der Waals surface area contributed by atoms with Crippen LogP contribution in [-0.2, 0) is 0 Å². The third-order valence-corrected chi connectivity index (χ3v) is 4.40. The predicted octanol–water partition coefficient (Wildman–Crippen LogP) is 2.45. The molecule has 1 saturated heterocycles. The van der Waals surface area contributed by atoms with Gasteiger partial charge in [-0.2, -0.15) is 0 Å². The van der Waals surface area contributed by atoms with E-state index in [1.807, 2.05) is 0 Å². The van der Waals surface area contributed by atoms with Gasteiger partial charge in [0, 0.05) is 25.2 Å². The summed E-state index contributed by atoms with van der Waals surface area (Å²) >= 11 is 0. The van der Waals surface area contributed by atoms with Crippen molar-refractivity contribution in [3.63, 3.8) is 0 Å². The zero-order valence-electron chi connectivity index (χ0n) is 10.3. The van der Waals surface area contributed by atoms with E-state index in [1.165, 1.54) is 31.4 Å². The van der Waals surface area contributed by atoms with E-state index < -0.39 is 11.6 Å². The summed E-state index contributed by atoms with van der Waals surface area (Å²) in [5.74, 6) is -0.804. The minimum absolute atomic E-state index is 0.0235. The molecule has 3 atom stereocenters. The van der Waals surface area contributed by atoms with E-state index >= 15 is 0 Å². The lowest BCUT2D eigenvalue weighted by Gasteiger charge is -2.34. The van der Waals surface area contributed by atoms with Gasteiger partial charge >= 0.3 is 0 Å². The van der Waals surface area contributed by atoms with Crippen LogP contribution in [0.1, 0.15) is 30.9 Å². The summed E-state index contributed by atoms with van der Waals surface area (Å²) in [6.07, 6.45) is 3.75. The van der Waals surface area contributed by atoms with Crippen LogP contribution in [0.4, 0.5) is 8.78 Å². The van der Waals surface area contributed by atoms with Crippen LogP contribution in [0.25, 0.3) is 0 Å². The molecule has 1 heterocycles. The highest BCUT2D eigenvalue weighted by atomic mass is 19.2. The first-order valence-corrected chi connectivity index (χ1v) is 6.60. The maximum Gasteiger partial charge on any atom is 0.159 e. The Balaban J connectivity index is 1.85. The molecule has 98 valence electrons. The maximum atomic E-state index is 13.3. The van der Waals surface area contributed by atoms with Gasteiger partial charge in [0.25, 0.3) is 0 Å². The molecule has 18 heavy (non-hydrogen) atoms. The number of halogens is 2. The second-order valence-electron chi connectivity index (χ2n) is 5.45. The summed E-state index contributed by atoms with van der Waals surface area (Å²) in [5.41, 5.74) is 6.64. The van der Waals surface area contributed by atoms with Crippen LogP contribution in [0.5, 0.6) is 0 Å². The van der Waals surface area contributed by atoms with Crippen LogP contribution in [0.15, 0.2) is 18.2 Å². The lowest BCUT2D eigenvalue weighted by Crippen LogP contribution is -2.39. The molecule has 1 saturated carbocycles. The molecule has 0 aromatic heterocycles. The van der Waals surface area contributed by atoms with Crippen molar-refractivity contribution in [2.75, 3.05) is 13.1 Å². The normalized spacial score (nSPS) is 28.8. The summed E-state index contributed by atoms with van der Waals surface area (Å²) in [5, 5.41) is 0. The van der Waals surface area contributed by atoms with Crippen LogP contribution < -0.4 is 5.73 Å². The average Bonchev–Trinajstić information content (AvgIpc) is 2.97. The molecule has 3 unspecified atom stereocenters. The first kappa shape index (κ1) is 12.1. The van der Waals surface area contributed by atoms with E-state index in [4.69, 9.17) is 5.73 Å². The minimum atomic E-state index is -0.794. The van der Waals surface area contributed by atoms with Gasteiger partial charge in [-0.15, -0.1) is 0 Å². The number of rotatable bonds is 3. The highest BCUT2D eigenvalue weighted by molar-refractivity contribution is 5.22. The third-order valence-electron chi connectivity index (χ3n) is 4.40. The van der Waals surface area contributed by atoms with Gasteiger partial charge in [-0.25, -0.2) is 8.78 Å². The highest BCUT2D eigenvalue weighted by Gasteiger charge is 2.41. The van der Waals surface area contributed by atoms with Gasteiger partial charge in [0.05, 0.1) is 0 Å². The predicted molar refractivity (Wildman–Crippen MR) is 66.0 cm³/mol. The fourth-order valence-corrected chi connectivity index (χ4v) is 3.53. The van der Waals surface area contributed by atoms with Crippen LogP contribution in [-0.4, -0.2) is 24.0 Å². The molecule has 2 nitrogen and oxygen atoms in total. The van der Waals surface area contributed by atoms with Gasteiger partial charge < -0.3 is 5.73 Å². The molecule has 4 heteroatoms. The molecular weight excluding hydrogens is 234 g/mol. The van der Waals surface area contributed by atoms with Crippen molar-refractivity contribution in [2.45, 2.75) is 31.3 Å². The Labute approximate surface area is 106 Å². The Kier molecular flexibility index (Phi) is 3.08. The highest BCUT2D eigenvalue weighted by Crippen LogP contribution is 2.41. The van der Waals surface area contributed by atoms with E-state index in [2.05, 4.69) is 4.90 Å². The van der Waals surface area contributed by atoms with Crippen LogP contribution in [0.2, 0.25) is 0 Å². The van der Waals surface area contributed by atoms with Crippen LogP contribution in [0.3, 0.4) is 0 Å². The van der Waals surface area contributed by atoms with Gasteiger partial charge in [-0.1, -0.05) is 6.07 Å². The molecule has 2 fully saturated rings. The summed E-state index contributed by atoms with van der Waals surface area (Å²) in [4.78, 5) is 2.38. The van der Waals surface area contributed by atoms with E-state index in [0.717, 1.165) is 18.0 Å². The maximum absolute atomic E-state index is 13.3. The Hall–Kier alpha value is -1.00. The lowest BCUT2D eigenvalue weighted by molar-refractivity contribution is 0.152. The van der Waals surface area contributed by atoms with Crippen molar-refractivity contribution in [2.24, 2.45) is 11.7 Å². The Morgan fingerprint density at radius 3 is 2.67 bits per heavy atom. The van der Waals surface area contributed by atoms with Crippen molar-refractivity contribution < 1.29 is 8.78 Å². The SMILES string of the molecule is NCC(c1ccc(F)c(F)c1)N1CC2CCC1C2. The van der Waals surface area contributed by atoms with E-state index in [0.29, 0.717) is 12.6 Å². The number of hydrogen-bond acceptors (Lipinski definition) is 2. The lowest BCUT2D eigenvalue weighted by atomic mass is 10.0. The van der Waals surface area contributed by atoms with Crippen molar-refractivity contribution in [3.8, 4) is 0 Å². The second-order valence-corrected chi connectivity index (χ2v) is 5.45. The van der Waals surface area contributed by atoms with Gasteiger partial charge in [0.2, 0.25) is 0 Å². The van der Waals surface area contributed by atoms with Crippen molar-refractivity contribution in [1.29, 1.82) is 0 Å². The first-order valence-electron chi connectivity index (χ1n) is 6.60. The Morgan fingerprint density at radius 2 is 2.11 bits per heavy atom. The fraction of sp³-hybridized carbons (Fsp3) is 0.571. The van der Waals surface area contributed by atoms with Gasteiger partial charge in [0.15, 0.2) is 11.6 Å². The number of fused-ring (bicyclic) bond motifs is 2.